The molecule has 2 heterocycles. The van der Waals surface area contributed by atoms with Crippen molar-refractivity contribution in [3.05, 3.63) is 103 Å². The van der Waals surface area contributed by atoms with Crippen molar-refractivity contribution in [3.8, 4) is 0 Å². The van der Waals surface area contributed by atoms with E-state index in [9.17, 15) is 0 Å². The second-order valence-corrected chi connectivity index (χ2v) is 8.12. The number of hydrogen-bond acceptors (Lipinski definition) is 5. The standard InChI is InChI=1S/C25H22N4S/c1-3-10-20(11-4-1)16-19-28(21-12-5-2-6-13-21)24-26-17-9-18-29(24)25-27-22-14-7-8-15-23(22)30-25/h1-15,17H,16,18-19H2. The molecule has 0 bridgehead atoms. The number of benzene rings is 3. The van der Waals surface area contributed by atoms with Gasteiger partial charge in [-0.1, -0.05) is 72.0 Å². The second kappa shape index (κ2) is 8.51. The Hall–Kier alpha value is -3.44. The highest BCUT2D eigenvalue weighted by Crippen LogP contribution is 2.31. The molecule has 0 N–H and O–H groups in total. The summed E-state index contributed by atoms with van der Waals surface area (Å²) >= 11 is 1.71. The molecular weight excluding hydrogens is 388 g/mol. The maximum Gasteiger partial charge on any atom is 0.212 e. The van der Waals surface area contributed by atoms with E-state index in [0.29, 0.717) is 0 Å². The first kappa shape index (κ1) is 18.6. The smallest absolute Gasteiger partial charge is 0.212 e. The Morgan fingerprint density at radius 2 is 1.60 bits per heavy atom. The summed E-state index contributed by atoms with van der Waals surface area (Å²) in [7, 11) is 0. The molecular formula is C25H22N4S. The molecule has 1 aliphatic rings. The van der Waals surface area contributed by atoms with Crippen molar-refractivity contribution in [1.82, 2.24) is 4.98 Å². The van der Waals surface area contributed by atoms with Gasteiger partial charge in [-0.2, -0.15) is 0 Å². The first-order valence-corrected chi connectivity index (χ1v) is 10.9. The van der Waals surface area contributed by atoms with E-state index >= 15 is 0 Å². The zero-order chi connectivity index (χ0) is 20.2. The number of hydrogen-bond donors (Lipinski definition) is 0. The monoisotopic (exact) mass is 410 g/mol. The summed E-state index contributed by atoms with van der Waals surface area (Å²) in [4.78, 5) is 14.2. The predicted molar refractivity (Wildman–Crippen MR) is 127 cm³/mol. The van der Waals surface area contributed by atoms with Crippen molar-refractivity contribution in [2.75, 3.05) is 22.9 Å². The fourth-order valence-corrected chi connectivity index (χ4v) is 4.59. The number of thiazole rings is 1. The molecule has 0 aliphatic carbocycles. The average Bonchev–Trinajstić information content (AvgIpc) is 3.25. The van der Waals surface area contributed by atoms with Gasteiger partial charge in [-0.25, -0.2) is 9.98 Å². The average molecular weight is 411 g/mol. The zero-order valence-electron chi connectivity index (χ0n) is 16.6. The van der Waals surface area contributed by atoms with E-state index < -0.39 is 0 Å². The summed E-state index contributed by atoms with van der Waals surface area (Å²) < 4.78 is 1.19. The SMILES string of the molecule is C1=CN=C(N(CCc2ccccc2)c2ccccc2)N(c2nc3ccccc3s2)C1. The number of aliphatic imine (C=N–C) groups is 1. The van der Waals surface area contributed by atoms with E-state index in [2.05, 4.69) is 88.7 Å². The van der Waals surface area contributed by atoms with Crippen LogP contribution in [0.25, 0.3) is 10.2 Å². The largest absolute Gasteiger partial charge is 0.312 e. The maximum atomic E-state index is 4.88. The van der Waals surface area contributed by atoms with E-state index in [4.69, 9.17) is 9.98 Å². The van der Waals surface area contributed by atoms with E-state index in [1.54, 1.807) is 11.3 Å². The molecule has 0 amide bonds. The third kappa shape index (κ3) is 3.84. The number of nitrogens with zero attached hydrogens (tertiary/aromatic N) is 4. The number of guanidine groups is 1. The molecule has 0 radical (unpaired) electrons. The van der Waals surface area contributed by atoms with Crippen LogP contribution in [0, 0.1) is 0 Å². The Morgan fingerprint density at radius 1 is 0.867 bits per heavy atom. The Balaban J connectivity index is 1.50. The maximum absolute atomic E-state index is 4.88. The van der Waals surface area contributed by atoms with Crippen molar-refractivity contribution in [3.63, 3.8) is 0 Å². The molecule has 30 heavy (non-hydrogen) atoms. The van der Waals surface area contributed by atoms with Gasteiger partial charge >= 0.3 is 0 Å². The third-order valence-corrected chi connectivity index (χ3v) is 6.17. The molecule has 5 heteroatoms. The van der Waals surface area contributed by atoms with Crippen LogP contribution in [0.15, 0.2) is 102 Å². The topological polar surface area (TPSA) is 31.7 Å². The van der Waals surface area contributed by atoms with Crippen LogP contribution in [-0.2, 0) is 6.42 Å². The number of rotatable bonds is 5. The van der Waals surface area contributed by atoms with Crippen molar-refractivity contribution in [2.45, 2.75) is 6.42 Å². The van der Waals surface area contributed by atoms with Crippen molar-refractivity contribution < 1.29 is 0 Å². The fourth-order valence-electron chi connectivity index (χ4n) is 3.62. The van der Waals surface area contributed by atoms with Gasteiger partial charge < -0.3 is 4.90 Å². The van der Waals surface area contributed by atoms with Crippen LogP contribution in [0.1, 0.15) is 5.56 Å². The molecule has 4 aromatic rings. The lowest BCUT2D eigenvalue weighted by atomic mass is 10.1. The van der Waals surface area contributed by atoms with E-state index in [1.165, 1.54) is 10.3 Å². The summed E-state index contributed by atoms with van der Waals surface area (Å²) in [5.74, 6) is 0.915. The van der Waals surface area contributed by atoms with Gasteiger partial charge in [-0.15, -0.1) is 0 Å². The number of fused-ring (bicyclic) bond motifs is 1. The molecule has 0 saturated carbocycles. The Kier molecular flexibility index (Phi) is 5.27. The number of aromatic nitrogens is 1. The van der Waals surface area contributed by atoms with Crippen LogP contribution in [0.2, 0.25) is 0 Å². The summed E-state index contributed by atoms with van der Waals surface area (Å²) in [6.07, 6.45) is 4.92. The minimum Gasteiger partial charge on any atom is -0.312 e. The number of anilines is 2. The van der Waals surface area contributed by atoms with Crippen LogP contribution in [-0.4, -0.2) is 24.0 Å². The minimum absolute atomic E-state index is 0.757. The van der Waals surface area contributed by atoms with E-state index in [-0.39, 0.29) is 0 Å². The third-order valence-electron chi connectivity index (χ3n) is 5.11. The lowest BCUT2D eigenvalue weighted by Gasteiger charge is -2.33. The van der Waals surface area contributed by atoms with Gasteiger partial charge in [0.2, 0.25) is 5.96 Å². The molecule has 148 valence electrons. The zero-order valence-corrected chi connectivity index (χ0v) is 17.4. The molecule has 0 saturated heterocycles. The minimum atomic E-state index is 0.757. The van der Waals surface area contributed by atoms with Gasteiger partial charge in [0.15, 0.2) is 5.13 Å². The molecule has 4 nitrogen and oxygen atoms in total. The van der Waals surface area contributed by atoms with Crippen molar-refractivity contribution in [1.29, 1.82) is 0 Å². The lowest BCUT2D eigenvalue weighted by molar-refractivity contribution is 0.903. The van der Waals surface area contributed by atoms with Crippen molar-refractivity contribution in [2.24, 2.45) is 4.99 Å². The summed E-state index contributed by atoms with van der Waals surface area (Å²) in [5, 5.41) is 0.972. The summed E-state index contributed by atoms with van der Waals surface area (Å²) in [6.45, 7) is 1.59. The van der Waals surface area contributed by atoms with Crippen LogP contribution in [0.3, 0.4) is 0 Å². The van der Waals surface area contributed by atoms with Crippen LogP contribution in [0.4, 0.5) is 10.8 Å². The molecule has 1 aliphatic heterocycles. The number of para-hydroxylation sites is 2. The van der Waals surface area contributed by atoms with Gasteiger partial charge in [0, 0.05) is 25.0 Å². The predicted octanol–water partition coefficient (Wildman–Crippen LogP) is 5.74. The lowest BCUT2D eigenvalue weighted by Crippen LogP contribution is -2.47. The van der Waals surface area contributed by atoms with E-state index in [1.807, 2.05) is 18.3 Å². The fraction of sp³-hybridized carbons (Fsp3) is 0.120. The molecule has 3 aromatic carbocycles. The normalized spacial score (nSPS) is 13.5. The molecule has 5 rings (SSSR count). The van der Waals surface area contributed by atoms with E-state index in [0.717, 1.165) is 41.8 Å². The summed E-state index contributed by atoms with van der Waals surface area (Å²) in [6, 6.07) is 29.4. The second-order valence-electron chi connectivity index (χ2n) is 7.11. The molecule has 0 unspecified atom stereocenters. The van der Waals surface area contributed by atoms with Gasteiger partial charge in [0.1, 0.15) is 0 Å². The molecule has 1 aromatic heterocycles. The van der Waals surface area contributed by atoms with Crippen LogP contribution < -0.4 is 9.80 Å². The molecule has 0 spiro atoms. The highest BCUT2D eigenvalue weighted by atomic mass is 32.1. The van der Waals surface area contributed by atoms with Gasteiger partial charge in [-0.3, -0.25) is 4.90 Å². The molecule has 0 atom stereocenters. The van der Waals surface area contributed by atoms with Crippen LogP contribution >= 0.6 is 11.3 Å². The highest BCUT2D eigenvalue weighted by molar-refractivity contribution is 7.22. The quantitative estimate of drug-likeness (QED) is 0.421. The van der Waals surface area contributed by atoms with Gasteiger partial charge in [0.05, 0.1) is 10.2 Å². The highest BCUT2D eigenvalue weighted by Gasteiger charge is 2.25. The Labute approximate surface area is 180 Å². The van der Waals surface area contributed by atoms with Gasteiger partial charge in [0.25, 0.3) is 0 Å². The Bertz CT molecular complexity index is 1150. The summed E-state index contributed by atoms with van der Waals surface area (Å²) in [5.41, 5.74) is 3.48. The molecule has 0 fully saturated rings. The first-order chi connectivity index (χ1) is 14.9. The first-order valence-electron chi connectivity index (χ1n) is 10.1. The van der Waals surface area contributed by atoms with Crippen molar-refractivity contribution >= 4 is 38.3 Å². The Morgan fingerprint density at radius 3 is 2.40 bits per heavy atom. The van der Waals surface area contributed by atoms with Crippen LogP contribution in [0.5, 0.6) is 0 Å². The van der Waals surface area contributed by atoms with Gasteiger partial charge in [-0.05, 0) is 42.3 Å².